The lowest BCUT2D eigenvalue weighted by atomic mass is 9.99. The van der Waals surface area contributed by atoms with E-state index in [9.17, 15) is 10.1 Å². The maximum Gasteiger partial charge on any atom is 0.353 e. The van der Waals surface area contributed by atoms with Crippen molar-refractivity contribution >= 4 is 46.3 Å². The van der Waals surface area contributed by atoms with Gasteiger partial charge in [0.1, 0.15) is 6.33 Å². The predicted octanol–water partition coefficient (Wildman–Crippen LogP) is 3.89. The lowest BCUT2D eigenvalue weighted by Crippen LogP contribution is -2.35. The standard InChI is InChI=1S/C19H20ClN5O2S/c20-16-3-1-14(2-4-16)15-5-7-23(8-6-15)18-17(25(26)27)19(22-13-21-18)24-9-11-28-12-10-24/h1-5,13H,6-12H2. The van der Waals surface area contributed by atoms with E-state index in [-0.39, 0.29) is 10.6 Å². The summed E-state index contributed by atoms with van der Waals surface area (Å²) in [6.45, 7) is 2.78. The summed E-state index contributed by atoms with van der Waals surface area (Å²) in [6.07, 6.45) is 4.34. The molecule has 1 saturated heterocycles. The van der Waals surface area contributed by atoms with Gasteiger partial charge in [-0.15, -0.1) is 0 Å². The van der Waals surface area contributed by atoms with Crippen molar-refractivity contribution in [2.45, 2.75) is 6.42 Å². The molecule has 0 bridgehead atoms. The minimum absolute atomic E-state index is 0.0118. The van der Waals surface area contributed by atoms with Crippen LogP contribution in [-0.4, -0.2) is 52.6 Å². The van der Waals surface area contributed by atoms with Crippen molar-refractivity contribution < 1.29 is 4.92 Å². The van der Waals surface area contributed by atoms with Crippen LogP contribution in [0.25, 0.3) is 5.57 Å². The Morgan fingerprint density at radius 1 is 1.04 bits per heavy atom. The Labute approximate surface area is 172 Å². The monoisotopic (exact) mass is 417 g/mol. The summed E-state index contributed by atoms with van der Waals surface area (Å²) in [5.74, 6) is 2.74. The van der Waals surface area contributed by atoms with E-state index in [1.54, 1.807) is 0 Å². The molecule has 0 radical (unpaired) electrons. The van der Waals surface area contributed by atoms with Crippen LogP contribution in [0, 0.1) is 10.1 Å². The maximum absolute atomic E-state index is 11.9. The molecule has 9 heteroatoms. The fourth-order valence-corrected chi connectivity index (χ4v) is 4.58. The van der Waals surface area contributed by atoms with Crippen LogP contribution >= 0.6 is 23.4 Å². The lowest BCUT2D eigenvalue weighted by molar-refractivity contribution is -0.383. The van der Waals surface area contributed by atoms with Gasteiger partial charge in [0.25, 0.3) is 0 Å². The Hall–Kier alpha value is -2.32. The molecule has 0 unspecified atom stereocenters. The zero-order valence-electron chi connectivity index (χ0n) is 15.3. The number of halogens is 1. The molecule has 0 atom stereocenters. The average Bonchev–Trinajstić information content (AvgIpc) is 2.74. The summed E-state index contributed by atoms with van der Waals surface area (Å²) >= 11 is 7.83. The van der Waals surface area contributed by atoms with Gasteiger partial charge in [-0.05, 0) is 29.7 Å². The van der Waals surface area contributed by atoms with E-state index in [1.807, 2.05) is 45.8 Å². The van der Waals surface area contributed by atoms with E-state index in [2.05, 4.69) is 16.0 Å². The second kappa shape index (κ2) is 8.36. The van der Waals surface area contributed by atoms with Gasteiger partial charge >= 0.3 is 5.69 Å². The number of nitro groups is 1. The molecule has 0 aliphatic carbocycles. The van der Waals surface area contributed by atoms with E-state index in [1.165, 1.54) is 11.9 Å². The molecule has 3 heterocycles. The Morgan fingerprint density at radius 3 is 2.32 bits per heavy atom. The van der Waals surface area contributed by atoms with E-state index >= 15 is 0 Å². The summed E-state index contributed by atoms with van der Waals surface area (Å²) < 4.78 is 0. The van der Waals surface area contributed by atoms with Crippen LogP contribution in [0.3, 0.4) is 0 Å². The van der Waals surface area contributed by atoms with Gasteiger partial charge in [-0.3, -0.25) is 10.1 Å². The van der Waals surface area contributed by atoms with Crippen molar-refractivity contribution in [2.24, 2.45) is 0 Å². The average molecular weight is 418 g/mol. The van der Waals surface area contributed by atoms with E-state index in [4.69, 9.17) is 11.6 Å². The van der Waals surface area contributed by atoms with Crippen LogP contribution in [-0.2, 0) is 0 Å². The minimum atomic E-state index is -0.342. The summed E-state index contributed by atoms with van der Waals surface area (Å²) in [6, 6.07) is 7.76. The zero-order chi connectivity index (χ0) is 19.5. The zero-order valence-corrected chi connectivity index (χ0v) is 16.8. The molecule has 0 saturated carbocycles. The topological polar surface area (TPSA) is 75.4 Å². The molecular weight excluding hydrogens is 398 g/mol. The fourth-order valence-electron chi connectivity index (χ4n) is 3.55. The quantitative estimate of drug-likeness (QED) is 0.551. The smallest absolute Gasteiger partial charge is 0.349 e. The van der Waals surface area contributed by atoms with Crippen molar-refractivity contribution in [3.63, 3.8) is 0 Å². The molecule has 0 N–H and O–H groups in total. The molecule has 146 valence electrons. The highest BCUT2D eigenvalue weighted by Crippen LogP contribution is 2.36. The third-order valence-corrected chi connectivity index (χ3v) is 6.19. The number of anilines is 2. The molecule has 4 rings (SSSR count). The highest BCUT2D eigenvalue weighted by molar-refractivity contribution is 7.99. The van der Waals surface area contributed by atoms with Gasteiger partial charge < -0.3 is 9.80 Å². The molecule has 0 amide bonds. The minimum Gasteiger partial charge on any atom is -0.349 e. The van der Waals surface area contributed by atoms with Gasteiger partial charge in [0, 0.05) is 42.7 Å². The molecule has 1 fully saturated rings. The number of thioether (sulfide) groups is 1. The van der Waals surface area contributed by atoms with E-state index < -0.39 is 0 Å². The first-order valence-electron chi connectivity index (χ1n) is 9.15. The third kappa shape index (κ3) is 3.93. The molecule has 1 aromatic carbocycles. The first-order chi connectivity index (χ1) is 13.6. The van der Waals surface area contributed by atoms with Crippen molar-refractivity contribution in [3.8, 4) is 0 Å². The van der Waals surface area contributed by atoms with Gasteiger partial charge in [-0.2, -0.15) is 11.8 Å². The summed E-state index contributed by atoms with van der Waals surface area (Å²) in [5.41, 5.74) is 2.36. The van der Waals surface area contributed by atoms with Gasteiger partial charge in [-0.1, -0.05) is 29.8 Å². The summed E-state index contributed by atoms with van der Waals surface area (Å²) in [4.78, 5) is 24.0. The van der Waals surface area contributed by atoms with Crippen molar-refractivity contribution in [1.29, 1.82) is 0 Å². The predicted molar refractivity (Wildman–Crippen MR) is 114 cm³/mol. The van der Waals surface area contributed by atoms with Gasteiger partial charge in [0.15, 0.2) is 0 Å². The van der Waals surface area contributed by atoms with Gasteiger partial charge in [-0.25, -0.2) is 9.97 Å². The SMILES string of the molecule is O=[N+]([O-])c1c(N2CC=C(c3ccc(Cl)cc3)CC2)ncnc1N1CCSCC1. The number of hydrogen-bond donors (Lipinski definition) is 0. The van der Waals surface area contributed by atoms with Crippen LogP contribution in [0.15, 0.2) is 36.7 Å². The van der Waals surface area contributed by atoms with E-state index in [0.29, 0.717) is 29.7 Å². The Morgan fingerprint density at radius 2 is 1.71 bits per heavy atom. The van der Waals surface area contributed by atoms with Crippen LogP contribution in [0.1, 0.15) is 12.0 Å². The molecule has 2 aliphatic heterocycles. The molecule has 1 aromatic heterocycles. The molecule has 7 nitrogen and oxygen atoms in total. The number of nitrogens with zero attached hydrogens (tertiary/aromatic N) is 5. The largest absolute Gasteiger partial charge is 0.353 e. The van der Waals surface area contributed by atoms with Crippen molar-refractivity contribution in [2.75, 3.05) is 47.5 Å². The highest BCUT2D eigenvalue weighted by atomic mass is 35.5. The lowest BCUT2D eigenvalue weighted by Gasteiger charge is -2.30. The number of rotatable bonds is 4. The molecule has 2 aliphatic rings. The number of hydrogen-bond acceptors (Lipinski definition) is 7. The Balaban J connectivity index is 1.61. The second-order valence-electron chi connectivity index (χ2n) is 6.66. The second-order valence-corrected chi connectivity index (χ2v) is 8.32. The molecule has 28 heavy (non-hydrogen) atoms. The third-order valence-electron chi connectivity index (χ3n) is 5.00. The Bertz CT molecular complexity index is 900. The fraction of sp³-hybridized carbons (Fsp3) is 0.368. The normalized spacial score (nSPS) is 17.4. The van der Waals surface area contributed by atoms with Gasteiger partial charge in [0.05, 0.1) is 4.92 Å². The molecule has 0 spiro atoms. The number of benzene rings is 1. The van der Waals surface area contributed by atoms with Crippen molar-refractivity contribution in [3.05, 3.63) is 57.4 Å². The van der Waals surface area contributed by atoms with E-state index in [0.717, 1.165) is 36.6 Å². The summed E-state index contributed by atoms with van der Waals surface area (Å²) in [5, 5.41) is 12.6. The van der Waals surface area contributed by atoms with Crippen LogP contribution in [0.4, 0.5) is 17.3 Å². The highest BCUT2D eigenvalue weighted by Gasteiger charge is 2.31. The van der Waals surface area contributed by atoms with Gasteiger partial charge in [0.2, 0.25) is 11.6 Å². The first kappa shape index (κ1) is 19.0. The molecule has 2 aromatic rings. The summed E-state index contributed by atoms with van der Waals surface area (Å²) in [7, 11) is 0. The molecular formula is C19H20ClN5O2S. The van der Waals surface area contributed by atoms with Crippen molar-refractivity contribution in [1.82, 2.24) is 9.97 Å². The van der Waals surface area contributed by atoms with Crippen LogP contribution in [0.2, 0.25) is 5.02 Å². The Kier molecular flexibility index (Phi) is 5.68. The van der Waals surface area contributed by atoms with Crippen LogP contribution in [0.5, 0.6) is 0 Å². The number of aromatic nitrogens is 2. The first-order valence-corrected chi connectivity index (χ1v) is 10.7. The van der Waals surface area contributed by atoms with Crippen LogP contribution < -0.4 is 9.80 Å². The maximum atomic E-state index is 11.9.